The van der Waals surface area contributed by atoms with Gasteiger partial charge in [-0.2, -0.15) is 0 Å². The molecule has 0 fully saturated rings. The van der Waals surface area contributed by atoms with Gasteiger partial charge in [0, 0.05) is 30.4 Å². The number of nitrogens with zero attached hydrogens (tertiary/aromatic N) is 1. The van der Waals surface area contributed by atoms with Gasteiger partial charge in [0.05, 0.1) is 5.56 Å². The summed E-state index contributed by atoms with van der Waals surface area (Å²) in [5.74, 6) is 0.478. The predicted molar refractivity (Wildman–Crippen MR) is 101 cm³/mol. The SMILES string of the molecule is CC(C)CCNC(=O)c1c(-c2ccccc2)cc(=O)n2c1CCCC2. The van der Waals surface area contributed by atoms with E-state index >= 15 is 0 Å². The van der Waals surface area contributed by atoms with Gasteiger partial charge < -0.3 is 9.88 Å². The summed E-state index contributed by atoms with van der Waals surface area (Å²) in [4.78, 5) is 25.5. The predicted octanol–water partition coefficient (Wildman–Crippen LogP) is 3.63. The molecule has 1 aromatic heterocycles. The van der Waals surface area contributed by atoms with Crippen LogP contribution in [0.2, 0.25) is 0 Å². The number of benzene rings is 1. The van der Waals surface area contributed by atoms with Gasteiger partial charge in [-0.25, -0.2) is 0 Å². The molecule has 132 valence electrons. The van der Waals surface area contributed by atoms with Crippen molar-refractivity contribution in [1.29, 1.82) is 0 Å². The van der Waals surface area contributed by atoms with Gasteiger partial charge in [0.1, 0.15) is 0 Å². The summed E-state index contributed by atoms with van der Waals surface area (Å²) in [6.45, 7) is 5.65. The third-order valence-electron chi connectivity index (χ3n) is 4.78. The zero-order chi connectivity index (χ0) is 17.8. The largest absolute Gasteiger partial charge is 0.352 e. The molecule has 2 aromatic rings. The van der Waals surface area contributed by atoms with Crippen molar-refractivity contribution >= 4 is 5.91 Å². The minimum atomic E-state index is -0.0647. The first-order chi connectivity index (χ1) is 12.1. The molecule has 0 unspecified atom stereocenters. The third-order valence-corrected chi connectivity index (χ3v) is 4.78. The number of carbonyl (C=O) groups is 1. The normalized spacial score (nSPS) is 13.6. The molecule has 0 saturated carbocycles. The molecule has 1 N–H and O–H groups in total. The molecule has 1 aromatic carbocycles. The third kappa shape index (κ3) is 3.84. The Bertz CT molecular complexity index is 807. The van der Waals surface area contributed by atoms with Crippen LogP contribution in [-0.2, 0) is 13.0 Å². The summed E-state index contributed by atoms with van der Waals surface area (Å²) in [6, 6.07) is 11.4. The zero-order valence-corrected chi connectivity index (χ0v) is 15.0. The molecule has 0 bridgehead atoms. The van der Waals surface area contributed by atoms with Gasteiger partial charge in [0.25, 0.3) is 11.5 Å². The number of fused-ring (bicyclic) bond motifs is 1. The molecule has 0 radical (unpaired) electrons. The highest BCUT2D eigenvalue weighted by molar-refractivity contribution is 6.02. The van der Waals surface area contributed by atoms with Gasteiger partial charge in [-0.15, -0.1) is 0 Å². The van der Waals surface area contributed by atoms with Crippen molar-refractivity contribution in [3.8, 4) is 11.1 Å². The fourth-order valence-corrected chi connectivity index (χ4v) is 3.43. The first kappa shape index (κ1) is 17.5. The number of hydrogen-bond donors (Lipinski definition) is 1. The van der Waals surface area contributed by atoms with E-state index in [1.807, 2.05) is 30.3 Å². The minimum absolute atomic E-state index is 0.00714. The Morgan fingerprint density at radius 1 is 1.20 bits per heavy atom. The molecule has 1 aliphatic rings. The van der Waals surface area contributed by atoms with Crippen LogP contribution in [0.1, 0.15) is 49.2 Å². The second-order valence-electron chi connectivity index (χ2n) is 7.13. The Kier molecular flexibility index (Phi) is 5.37. The number of rotatable bonds is 5. The zero-order valence-electron chi connectivity index (χ0n) is 15.0. The maximum absolute atomic E-state index is 13.0. The number of amides is 1. The molecule has 3 rings (SSSR count). The lowest BCUT2D eigenvalue weighted by atomic mass is 9.94. The fourth-order valence-electron chi connectivity index (χ4n) is 3.43. The molecule has 0 aliphatic carbocycles. The quantitative estimate of drug-likeness (QED) is 0.905. The second-order valence-corrected chi connectivity index (χ2v) is 7.13. The van der Waals surface area contributed by atoms with E-state index in [4.69, 9.17) is 0 Å². The van der Waals surface area contributed by atoms with Crippen molar-refractivity contribution in [3.63, 3.8) is 0 Å². The first-order valence-electron chi connectivity index (χ1n) is 9.18. The Balaban J connectivity index is 2.07. The smallest absolute Gasteiger partial charge is 0.253 e. The van der Waals surface area contributed by atoms with Crippen LogP contribution in [-0.4, -0.2) is 17.0 Å². The van der Waals surface area contributed by atoms with E-state index in [1.165, 1.54) is 0 Å². The van der Waals surface area contributed by atoms with Crippen molar-refractivity contribution in [2.75, 3.05) is 6.54 Å². The van der Waals surface area contributed by atoms with E-state index in [-0.39, 0.29) is 11.5 Å². The van der Waals surface area contributed by atoms with Crippen LogP contribution in [0.5, 0.6) is 0 Å². The van der Waals surface area contributed by atoms with Crippen molar-refractivity contribution in [1.82, 2.24) is 9.88 Å². The average Bonchev–Trinajstić information content (AvgIpc) is 2.62. The summed E-state index contributed by atoms with van der Waals surface area (Å²) in [7, 11) is 0. The van der Waals surface area contributed by atoms with E-state index < -0.39 is 0 Å². The minimum Gasteiger partial charge on any atom is -0.352 e. The van der Waals surface area contributed by atoms with Crippen LogP contribution in [0, 0.1) is 5.92 Å². The molecular formula is C21H26N2O2. The summed E-state index contributed by atoms with van der Waals surface area (Å²) in [6.07, 6.45) is 3.74. The Morgan fingerprint density at radius 3 is 2.68 bits per heavy atom. The molecule has 1 aliphatic heterocycles. The lowest BCUT2D eigenvalue weighted by molar-refractivity contribution is 0.0950. The molecule has 4 heteroatoms. The topological polar surface area (TPSA) is 51.1 Å². The molecule has 4 nitrogen and oxygen atoms in total. The van der Waals surface area contributed by atoms with E-state index in [9.17, 15) is 9.59 Å². The standard InChI is InChI=1S/C21H26N2O2/c1-15(2)11-12-22-21(25)20-17(16-8-4-3-5-9-16)14-19(24)23-13-7-6-10-18(20)23/h3-5,8-9,14-15H,6-7,10-13H2,1-2H3,(H,22,25). The highest BCUT2D eigenvalue weighted by Gasteiger charge is 2.23. The van der Waals surface area contributed by atoms with E-state index in [0.717, 1.165) is 42.5 Å². The van der Waals surface area contributed by atoms with Crippen molar-refractivity contribution in [2.24, 2.45) is 5.92 Å². The van der Waals surface area contributed by atoms with Crippen LogP contribution < -0.4 is 10.9 Å². The Hall–Kier alpha value is -2.36. The summed E-state index contributed by atoms with van der Waals surface area (Å²) in [5.41, 5.74) is 3.23. The van der Waals surface area contributed by atoms with Gasteiger partial charge in [0.15, 0.2) is 0 Å². The second kappa shape index (κ2) is 7.68. The molecule has 25 heavy (non-hydrogen) atoms. The number of aromatic nitrogens is 1. The molecular weight excluding hydrogens is 312 g/mol. The van der Waals surface area contributed by atoms with E-state index in [0.29, 0.717) is 24.6 Å². The van der Waals surface area contributed by atoms with Crippen molar-refractivity contribution in [3.05, 3.63) is 58.0 Å². The van der Waals surface area contributed by atoms with Crippen molar-refractivity contribution in [2.45, 2.75) is 46.1 Å². The molecule has 0 saturated heterocycles. The number of nitrogens with one attached hydrogen (secondary N) is 1. The number of pyridine rings is 1. The van der Waals surface area contributed by atoms with Gasteiger partial charge in [0.2, 0.25) is 0 Å². The fraction of sp³-hybridized carbons (Fsp3) is 0.429. The number of hydrogen-bond acceptors (Lipinski definition) is 2. The highest BCUT2D eigenvalue weighted by atomic mass is 16.2. The van der Waals surface area contributed by atoms with Gasteiger partial charge >= 0.3 is 0 Å². The Labute approximate surface area is 148 Å². The molecule has 0 atom stereocenters. The summed E-state index contributed by atoms with van der Waals surface area (Å²) < 4.78 is 1.79. The average molecular weight is 338 g/mol. The first-order valence-corrected chi connectivity index (χ1v) is 9.18. The lowest BCUT2D eigenvalue weighted by Crippen LogP contribution is -2.33. The lowest BCUT2D eigenvalue weighted by Gasteiger charge is -2.23. The molecule has 2 heterocycles. The van der Waals surface area contributed by atoms with E-state index in [2.05, 4.69) is 19.2 Å². The summed E-state index contributed by atoms with van der Waals surface area (Å²) >= 11 is 0. The molecule has 1 amide bonds. The van der Waals surface area contributed by atoms with Gasteiger partial charge in [-0.05, 0) is 37.2 Å². The van der Waals surface area contributed by atoms with Gasteiger partial charge in [-0.1, -0.05) is 44.2 Å². The Morgan fingerprint density at radius 2 is 1.96 bits per heavy atom. The van der Waals surface area contributed by atoms with Crippen molar-refractivity contribution < 1.29 is 4.79 Å². The van der Waals surface area contributed by atoms with Crippen LogP contribution in [0.25, 0.3) is 11.1 Å². The highest BCUT2D eigenvalue weighted by Crippen LogP contribution is 2.27. The maximum atomic E-state index is 13.0. The van der Waals surface area contributed by atoms with Crippen LogP contribution in [0.4, 0.5) is 0 Å². The monoisotopic (exact) mass is 338 g/mol. The summed E-state index contributed by atoms with van der Waals surface area (Å²) in [5, 5.41) is 3.06. The van der Waals surface area contributed by atoms with Crippen LogP contribution in [0.3, 0.4) is 0 Å². The van der Waals surface area contributed by atoms with Crippen LogP contribution >= 0.6 is 0 Å². The van der Waals surface area contributed by atoms with Gasteiger partial charge in [-0.3, -0.25) is 9.59 Å². The maximum Gasteiger partial charge on any atom is 0.253 e. The van der Waals surface area contributed by atoms with E-state index in [1.54, 1.807) is 10.6 Å². The molecule has 0 spiro atoms. The van der Waals surface area contributed by atoms with Crippen LogP contribution in [0.15, 0.2) is 41.2 Å². The number of carbonyl (C=O) groups excluding carboxylic acids is 1.